The van der Waals surface area contributed by atoms with Gasteiger partial charge < -0.3 is 11.1 Å². The molecule has 0 saturated carbocycles. The van der Waals surface area contributed by atoms with E-state index in [4.69, 9.17) is 5.73 Å². The van der Waals surface area contributed by atoms with Gasteiger partial charge in [-0.1, -0.05) is 31.2 Å². The molecule has 2 atom stereocenters. The molecular weight excluding hydrogens is 246 g/mol. The van der Waals surface area contributed by atoms with Gasteiger partial charge in [-0.25, -0.2) is 4.98 Å². The number of nitrogens with zero attached hydrogens (tertiary/aromatic N) is 1. The van der Waals surface area contributed by atoms with Crippen molar-refractivity contribution in [1.29, 1.82) is 0 Å². The number of nitrogens with two attached hydrogens (primary N) is 1. The molecule has 0 spiro atoms. The van der Waals surface area contributed by atoms with Gasteiger partial charge in [-0.15, -0.1) is 0 Å². The van der Waals surface area contributed by atoms with Gasteiger partial charge in [0.2, 0.25) is 0 Å². The van der Waals surface area contributed by atoms with Gasteiger partial charge in [0.05, 0.1) is 0 Å². The van der Waals surface area contributed by atoms with Gasteiger partial charge in [-0.05, 0) is 42.6 Å². The van der Waals surface area contributed by atoms with Crippen LogP contribution in [0.1, 0.15) is 41.1 Å². The topological polar surface area (TPSA) is 50.9 Å². The van der Waals surface area contributed by atoms with Crippen LogP contribution in [0.3, 0.4) is 0 Å². The molecule has 3 N–H and O–H groups in total. The van der Waals surface area contributed by atoms with E-state index in [0.717, 1.165) is 18.5 Å². The second kappa shape index (κ2) is 5.25. The predicted molar refractivity (Wildman–Crippen MR) is 82.7 cm³/mol. The molecule has 3 nitrogen and oxygen atoms in total. The molecule has 20 heavy (non-hydrogen) atoms. The van der Waals surface area contributed by atoms with Crippen LogP contribution in [0.4, 0.5) is 5.82 Å². The molecule has 0 bridgehead atoms. The van der Waals surface area contributed by atoms with E-state index in [1.54, 1.807) is 6.20 Å². The quantitative estimate of drug-likeness (QED) is 0.895. The molecule has 0 aliphatic heterocycles. The lowest BCUT2D eigenvalue weighted by Gasteiger charge is -2.38. The predicted octanol–water partition coefficient (Wildman–Crippen LogP) is 2.96. The maximum atomic E-state index is 6.14. The molecule has 2 aromatic rings. The molecule has 1 aliphatic carbocycles. The minimum Gasteiger partial charge on any atom is -0.383 e. The number of nitrogens with one attached hydrogen (secondary N) is 1. The van der Waals surface area contributed by atoms with E-state index < -0.39 is 0 Å². The zero-order valence-corrected chi connectivity index (χ0v) is 12.1. The standard InChI is InChI=1S/C17H21N3/c1-3-19-16(15-11(2)8-9-20-17(15)18)14-10-12-6-4-5-7-13(12)14/h4-9,14,16,19H,3,10H2,1-2H3,(H2,18,20). The number of pyridine rings is 1. The molecule has 1 heterocycles. The van der Waals surface area contributed by atoms with Crippen molar-refractivity contribution in [2.24, 2.45) is 0 Å². The van der Waals surface area contributed by atoms with Crippen molar-refractivity contribution in [1.82, 2.24) is 10.3 Å². The summed E-state index contributed by atoms with van der Waals surface area (Å²) in [5.41, 5.74) is 11.4. The number of anilines is 1. The molecule has 3 rings (SSSR count). The summed E-state index contributed by atoms with van der Waals surface area (Å²) < 4.78 is 0. The number of benzene rings is 1. The summed E-state index contributed by atoms with van der Waals surface area (Å²) in [4.78, 5) is 4.28. The Balaban J connectivity index is 1.99. The molecule has 1 aliphatic rings. The first-order valence-corrected chi connectivity index (χ1v) is 7.24. The lowest BCUT2D eigenvalue weighted by molar-refractivity contribution is 0.418. The Morgan fingerprint density at radius 3 is 2.85 bits per heavy atom. The summed E-state index contributed by atoms with van der Waals surface area (Å²) in [5, 5.41) is 3.60. The van der Waals surface area contributed by atoms with Crippen LogP contribution in [-0.4, -0.2) is 11.5 Å². The van der Waals surface area contributed by atoms with E-state index in [1.807, 2.05) is 6.07 Å². The SMILES string of the molecule is CCNC(c1c(C)ccnc1N)C1Cc2ccccc21. The van der Waals surface area contributed by atoms with Crippen LogP contribution in [0.15, 0.2) is 36.5 Å². The molecule has 0 radical (unpaired) electrons. The van der Waals surface area contributed by atoms with E-state index in [0.29, 0.717) is 11.7 Å². The number of likely N-dealkylation sites (N-methyl/N-ethyl adjacent to an activating group) is 1. The third-order valence-electron chi connectivity index (χ3n) is 4.27. The fraction of sp³-hybridized carbons (Fsp3) is 0.353. The smallest absolute Gasteiger partial charge is 0.128 e. The maximum absolute atomic E-state index is 6.14. The van der Waals surface area contributed by atoms with Crippen molar-refractivity contribution < 1.29 is 0 Å². The summed E-state index contributed by atoms with van der Waals surface area (Å²) >= 11 is 0. The number of rotatable bonds is 4. The van der Waals surface area contributed by atoms with Crippen molar-refractivity contribution in [3.63, 3.8) is 0 Å². The normalized spacial score (nSPS) is 18.2. The van der Waals surface area contributed by atoms with Gasteiger partial charge in [0.25, 0.3) is 0 Å². The Morgan fingerprint density at radius 2 is 2.15 bits per heavy atom. The zero-order valence-electron chi connectivity index (χ0n) is 12.1. The minimum atomic E-state index is 0.253. The van der Waals surface area contributed by atoms with Gasteiger partial charge in [-0.2, -0.15) is 0 Å². The molecule has 1 aromatic heterocycles. The van der Waals surface area contributed by atoms with Crippen LogP contribution in [-0.2, 0) is 6.42 Å². The number of aryl methyl sites for hydroxylation is 1. The van der Waals surface area contributed by atoms with Gasteiger partial charge in [0.15, 0.2) is 0 Å². The Kier molecular flexibility index (Phi) is 3.45. The summed E-state index contributed by atoms with van der Waals surface area (Å²) in [6.07, 6.45) is 2.90. The Morgan fingerprint density at radius 1 is 1.35 bits per heavy atom. The number of hydrogen-bond donors (Lipinski definition) is 2. The first-order valence-electron chi connectivity index (χ1n) is 7.24. The summed E-state index contributed by atoms with van der Waals surface area (Å²) in [6.45, 7) is 5.18. The molecule has 104 valence electrons. The third-order valence-corrected chi connectivity index (χ3v) is 4.27. The highest BCUT2D eigenvalue weighted by Gasteiger charge is 2.34. The zero-order chi connectivity index (χ0) is 14.1. The Bertz CT molecular complexity index is 601. The van der Waals surface area contributed by atoms with E-state index in [2.05, 4.69) is 48.4 Å². The highest BCUT2D eigenvalue weighted by atomic mass is 14.9. The van der Waals surface area contributed by atoms with Crippen LogP contribution < -0.4 is 11.1 Å². The lowest BCUT2D eigenvalue weighted by atomic mass is 9.71. The molecule has 2 unspecified atom stereocenters. The molecule has 1 aromatic carbocycles. The Labute approximate surface area is 120 Å². The largest absolute Gasteiger partial charge is 0.383 e. The lowest BCUT2D eigenvalue weighted by Crippen LogP contribution is -2.34. The van der Waals surface area contributed by atoms with Gasteiger partial charge >= 0.3 is 0 Å². The van der Waals surface area contributed by atoms with Crippen LogP contribution in [0.5, 0.6) is 0 Å². The molecular formula is C17H21N3. The summed E-state index contributed by atoms with van der Waals surface area (Å²) in [5.74, 6) is 1.15. The average molecular weight is 267 g/mol. The van der Waals surface area contributed by atoms with Crippen molar-refractivity contribution in [2.75, 3.05) is 12.3 Å². The number of fused-ring (bicyclic) bond motifs is 1. The van der Waals surface area contributed by atoms with E-state index in [-0.39, 0.29) is 6.04 Å². The van der Waals surface area contributed by atoms with Gasteiger partial charge in [-0.3, -0.25) is 0 Å². The number of aromatic nitrogens is 1. The second-order valence-corrected chi connectivity index (χ2v) is 5.47. The summed E-state index contributed by atoms with van der Waals surface area (Å²) in [6, 6.07) is 11.0. The second-order valence-electron chi connectivity index (χ2n) is 5.47. The maximum Gasteiger partial charge on any atom is 0.128 e. The van der Waals surface area contributed by atoms with E-state index in [1.165, 1.54) is 16.7 Å². The van der Waals surface area contributed by atoms with Crippen molar-refractivity contribution in [3.05, 3.63) is 58.8 Å². The summed E-state index contributed by atoms with van der Waals surface area (Å²) in [7, 11) is 0. The van der Waals surface area contributed by atoms with Crippen molar-refractivity contribution >= 4 is 5.82 Å². The third kappa shape index (κ3) is 2.08. The van der Waals surface area contributed by atoms with Crippen molar-refractivity contribution in [3.8, 4) is 0 Å². The fourth-order valence-corrected chi connectivity index (χ4v) is 3.26. The molecule has 0 amide bonds. The Hall–Kier alpha value is -1.87. The van der Waals surface area contributed by atoms with E-state index >= 15 is 0 Å². The highest BCUT2D eigenvalue weighted by Crippen LogP contribution is 2.45. The van der Waals surface area contributed by atoms with Crippen LogP contribution >= 0.6 is 0 Å². The van der Waals surface area contributed by atoms with Gasteiger partial charge in [0, 0.05) is 23.7 Å². The fourth-order valence-electron chi connectivity index (χ4n) is 3.26. The van der Waals surface area contributed by atoms with Crippen LogP contribution in [0, 0.1) is 6.92 Å². The van der Waals surface area contributed by atoms with E-state index in [9.17, 15) is 0 Å². The molecule has 0 saturated heterocycles. The van der Waals surface area contributed by atoms with Crippen molar-refractivity contribution in [2.45, 2.75) is 32.2 Å². The van der Waals surface area contributed by atoms with Gasteiger partial charge in [0.1, 0.15) is 5.82 Å². The van der Waals surface area contributed by atoms with Crippen LogP contribution in [0.2, 0.25) is 0 Å². The number of nitrogen functional groups attached to an aromatic ring is 1. The molecule has 3 heteroatoms. The monoisotopic (exact) mass is 267 g/mol. The first kappa shape index (κ1) is 13.1. The first-order chi connectivity index (χ1) is 9.72. The number of hydrogen-bond acceptors (Lipinski definition) is 3. The minimum absolute atomic E-state index is 0.253. The van der Waals surface area contributed by atoms with Crippen LogP contribution in [0.25, 0.3) is 0 Å². The average Bonchev–Trinajstić information content (AvgIpc) is 2.40. The molecule has 0 fully saturated rings. The highest BCUT2D eigenvalue weighted by molar-refractivity contribution is 5.51.